The first kappa shape index (κ1) is 38.1. The maximum Gasteiger partial charge on any atom is 0.418 e. The summed E-state index contributed by atoms with van der Waals surface area (Å²) >= 11 is 1.07. The van der Waals surface area contributed by atoms with E-state index in [1.165, 1.54) is 19.2 Å². The molecule has 5 N–H and O–H groups in total. The Morgan fingerprint density at radius 2 is 1.92 bits per heavy atom. The van der Waals surface area contributed by atoms with Gasteiger partial charge in [-0.1, -0.05) is 17.3 Å². The Morgan fingerprint density at radius 3 is 2.52 bits per heavy atom. The van der Waals surface area contributed by atoms with Gasteiger partial charge in [0.25, 0.3) is 18.3 Å². The molecule has 21 heteroatoms. The highest BCUT2D eigenvalue weighted by Gasteiger charge is 2.58. The summed E-state index contributed by atoms with van der Waals surface area (Å²) in [6.45, 7) is 8.09. The van der Waals surface area contributed by atoms with Crippen LogP contribution in [0, 0.1) is 0 Å². The van der Waals surface area contributed by atoms with Crippen molar-refractivity contribution in [1.29, 1.82) is 0 Å². The zero-order valence-corrected chi connectivity index (χ0v) is 29.1. The van der Waals surface area contributed by atoms with Crippen molar-refractivity contribution in [3.05, 3.63) is 47.7 Å². The highest BCUT2D eigenvalue weighted by Crippen LogP contribution is 2.33. The number of nitrogens with two attached hydrogens (primary N) is 1. The van der Waals surface area contributed by atoms with Crippen molar-refractivity contribution in [3.63, 3.8) is 0 Å². The first-order valence-electron chi connectivity index (χ1n) is 15.1. The fraction of sp³-hybridized carbons (Fsp3) is 0.448. The molecule has 0 saturated carbocycles. The van der Waals surface area contributed by atoms with Crippen molar-refractivity contribution in [2.45, 2.75) is 32.0 Å². The fourth-order valence-corrected chi connectivity index (χ4v) is 6.06. The molecule has 2 aromatic heterocycles. The van der Waals surface area contributed by atoms with E-state index >= 15 is 0 Å². The summed E-state index contributed by atoms with van der Waals surface area (Å²) in [4.78, 5) is 43.4. The van der Waals surface area contributed by atoms with Crippen LogP contribution in [0.5, 0.6) is 5.75 Å². The number of rotatable bonds is 14. The molecule has 50 heavy (non-hydrogen) atoms. The van der Waals surface area contributed by atoms with Crippen molar-refractivity contribution >= 4 is 50.9 Å². The van der Waals surface area contributed by atoms with Gasteiger partial charge in [0, 0.05) is 17.1 Å². The van der Waals surface area contributed by atoms with Crippen molar-refractivity contribution in [3.8, 4) is 16.9 Å². The molecule has 2 fully saturated rings. The number of β-lactam (4-membered cyclic amide) rings is 1. The van der Waals surface area contributed by atoms with Crippen molar-refractivity contribution < 1.29 is 55.5 Å². The second-order valence-electron chi connectivity index (χ2n) is 11.9. The third-order valence-corrected chi connectivity index (χ3v) is 8.95. The Morgan fingerprint density at radius 1 is 1.24 bits per heavy atom. The molecule has 2 aliphatic heterocycles. The standard InChI is InChI=1S/C28H36N8O9S2.CH2O2/c1-28(2)24(26(38)35(28)45-47(39,40)41)32-25(37)23(22-18-46-27(29)31-22)33-44-15-14-43-21-6-4-19(5-7-21)20-16-30-34(17-20)8-9-36(3)10-12-42-13-11-36;2-1-3/h4-7,16-18,24H,8-15H2,1-3H3,(H3-,29,31,32,37,39,40,41);1H,(H,2,3)/p+1/b33-23-;. The molecular weight excluding hydrogens is 700 g/mol. The summed E-state index contributed by atoms with van der Waals surface area (Å²) in [6.07, 6.45) is 3.87. The number of thiazole rings is 1. The molecule has 1 atom stereocenters. The second kappa shape index (κ2) is 16.4. The predicted molar refractivity (Wildman–Crippen MR) is 178 cm³/mol. The number of likely N-dealkylation sites (N-methyl/N-ethyl adjacent to an activating group) is 1. The molecule has 19 nitrogen and oxygen atoms in total. The normalized spacial score (nSPS) is 18.3. The van der Waals surface area contributed by atoms with Crippen molar-refractivity contribution in [2.75, 3.05) is 58.8 Å². The number of carbonyl (C=O) groups excluding carboxylic acids is 2. The second-order valence-corrected chi connectivity index (χ2v) is 13.8. The van der Waals surface area contributed by atoms with Gasteiger partial charge in [-0.25, -0.2) is 4.98 Å². The number of nitrogens with zero attached hydrogens (tertiary/aromatic N) is 6. The van der Waals surface area contributed by atoms with E-state index < -0.39 is 33.8 Å². The minimum atomic E-state index is -4.95. The molecule has 2 amide bonds. The molecule has 272 valence electrons. The lowest BCUT2D eigenvalue weighted by Crippen LogP contribution is -2.76. The maximum absolute atomic E-state index is 13.1. The number of hydrogen-bond acceptors (Lipinski definition) is 14. The van der Waals surface area contributed by atoms with E-state index in [0.29, 0.717) is 10.8 Å². The minimum Gasteiger partial charge on any atom is -0.490 e. The van der Waals surface area contributed by atoms with Crippen LogP contribution in [-0.4, -0.2) is 131 Å². The summed E-state index contributed by atoms with van der Waals surface area (Å²) in [5.41, 5.74) is 6.25. The summed E-state index contributed by atoms with van der Waals surface area (Å²) in [7, 11) is -2.70. The van der Waals surface area contributed by atoms with E-state index in [2.05, 4.69) is 31.9 Å². The Kier molecular flexibility index (Phi) is 12.5. The van der Waals surface area contributed by atoms with Crippen LogP contribution in [0.3, 0.4) is 0 Å². The number of morpholine rings is 1. The monoisotopic (exact) mass is 739 g/mol. The lowest BCUT2D eigenvalue weighted by Gasteiger charge is -2.50. The van der Waals surface area contributed by atoms with E-state index in [1.807, 2.05) is 41.3 Å². The molecule has 2 aliphatic rings. The van der Waals surface area contributed by atoms with Crippen molar-refractivity contribution in [2.24, 2.45) is 5.16 Å². The van der Waals surface area contributed by atoms with Gasteiger partial charge in [0.1, 0.15) is 37.2 Å². The van der Waals surface area contributed by atoms with Crippen LogP contribution in [0.15, 0.2) is 47.2 Å². The topological polar surface area (TPSA) is 247 Å². The highest BCUT2D eigenvalue weighted by molar-refractivity contribution is 7.80. The number of quaternary nitrogens is 1. The van der Waals surface area contributed by atoms with Crippen LogP contribution in [0.25, 0.3) is 11.1 Å². The Bertz CT molecular complexity index is 1770. The molecule has 0 aliphatic carbocycles. The first-order valence-corrected chi connectivity index (χ1v) is 17.4. The van der Waals surface area contributed by atoms with Gasteiger partial charge < -0.3 is 35.0 Å². The van der Waals surface area contributed by atoms with Gasteiger partial charge in [-0.05, 0) is 31.5 Å². The predicted octanol–water partition coefficient (Wildman–Crippen LogP) is 0.406. The first-order chi connectivity index (χ1) is 23.7. The van der Waals surface area contributed by atoms with Crippen molar-refractivity contribution in [1.82, 2.24) is 25.1 Å². The Hall–Kier alpha value is -4.67. The number of nitrogens with one attached hydrogen (secondary N) is 1. The number of oxime groups is 1. The lowest BCUT2D eigenvalue weighted by molar-refractivity contribution is -0.917. The van der Waals surface area contributed by atoms with Gasteiger partial charge in [-0.2, -0.15) is 18.6 Å². The average molecular weight is 740 g/mol. The van der Waals surface area contributed by atoms with E-state index in [9.17, 15) is 18.0 Å². The number of aromatic nitrogens is 3. The molecule has 2 saturated heterocycles. The molecule has 0 spiro atoms. The summed E-state index contributed by atoms with van der Waals surface area (Å²) in [5.74, 6) is -1.12. The maximum atomic E-state index is 13.1. The van der Waals surface area contributed by atoms with Gasteiger partial charge in [-0.3, -0.25) is 23.6 Å². The number of carbonyl (C=O) groups is 3. The molecule has 5 rings (SSSR count). The number of hydrogen-bond donors (Lipinski definition) is 4. The van der Waals surface area contributed by atoms with E-state index in [4.69, 9.17) is 34.5 Å². The molecule has 4 heterocycles. The number of nitrogen functional groups attached to an aromatic ring is 1. The smallest absolute Gasteiger partial charge is 0.418 e. The summed E-state index contributed by atoms with van der Waals surface area (Å²) in [5, 5.41) is 19.9. The van der Waals surface area contributed by atoms with E-state index in [-0.39, 0.29) is 36.2 Å². The highest BCUT2D eigenvalue weighted by atomic mass is 32.3. The zero-order chi connectivity index (χ0) is 36.5. The number of benzene rings is 1. The lowest BCUT2D eigenvalue weighted by atomic mass is 9.84. The molecular formula is C29H39N8O11S2+. The SMILES string of the molecule is CC1(C)C(NC(=O)/C(=N\OCCOc2ccc(-c3cnn(CC[N+]4(C)CCOCC4)c3)cc2)c2csc(N)n2)C(=O)N1OS(=O)(=O)O.O=CO. The van der Waals surface area contributed by atoms with E-state index in [0.717, 1.165) is 66.3 Å². The number of anilines is 1. The van der Waals surface area contributed by atoms with Crippen LogP contribution in [-0.2, 0) is 45.2 Å². The van der Waals surface area contributed by atoms with Crippen LogP contribution < -0.4 is 15.8 Å². The quantitative estimate of drug-likeness (QED) is 0.0333. The molecule has 1 aromatic carbocycles. The third kappa shape index (κ3) is 9.95. The van der Waals surface area contributed by atoms with Crippen LogP contribution in [0.4, 0.5) is 5.13 Å². The molecule has 3 aromatic rings. The largest absolute Gasteiger partial charge is 0.490 e. The Balaban J connectivity index is 0.00000181. The van der Waals surface area contributed by atoms with Gasteiger partial charge in [0.15, 0.2) is 17.5 Å². The molecule has 0 radical (unpaired) electrons. The van der Waals surface area contributed by atoms with Gasteiger partial charge >= 0.3 is 10.4 Å². The zero-order valence-electron chi connectivity index (χ0n) is 27.5. The molecule has 0 bridgehead atoms. The fourth-order valence-electron chi connectivity index (χ4n) is 5.06. The minimum absolute atomic E-state index is 0.0295. The number of carboxylic acid groups (broad SMARTS) is 1. The Labute approximate surface area is 291 Å². The number of hydroxylamine groups is 2. The third-order valence-electron chi connectivity index (χ3n) is 7.94. The van der Waals surface area contributed by atoms with Gasteiger partial charge in [0.2, 0.25) is 0 Å². The van der Waals surface area contributed by atoms with Crippen LogP contribution >= 0.6 is 11.3 Å². The number of ether oxygens (including phenoxy) is 2. The van der Waals surface area contributed by atoms with Crippen LogP contribution in [0.2, 0.25) is 0 Å². The van der Waals surface area contributed by atoms with E-state index in [1.54, 1.807) is 0 Å². The summed E-state index contributed by atoms with van der Waals surface area (Å²) in [6, 6.07) is 6.34. The van der Waals surface area contributed by atoms with Gasteiger partial charge in [0.05, 0.1) is 45.1 Å². The number of amides is 2. The molecule has 1 unspecified atom stereocenters. The average Bonchev–Trinajstić information content (AvgIpc) is 3.73. The summed E-state index contributed by atoms with van der Waals surface area (Å²) < 4.78 is 49.6. The van der Waals surface area contributed by atoms with Crippen LogP contribution in [0.1, 0.15) is 19.5 Å². The van der Waals surface area contributed by atoms with Gasteiger partial charge in [-0.15, -0.1) is 15.6 Å².